The first-order valence-electron chi connectivity index (χ1n) is 8.74. The number of nitrogens with one attached hydrogen (secondary N) is 1. The molecule has 3 aliphatic carbocycles. The van der Waals surface area contributed by atoms with Crippen LogP contribution in [0.4, 0.5) is 0 Å². The van der Waals surface area contributed by atoms with Crippen LogP contribution in [0.5, 0.6) is 0 Å². The van der Waals surface area contributed by atoms with Crippen LogP contribution in [0.25, 0.3) is 0 Å². The fourth-order valence-corrected chi connectivity index (χ4v) is 4.16. The van der Waals surface area contributed by atoms with Crippen LogP contribution in [0.3, 0.4) is 0 Å². The number of hydrogen-bond donors (Lipinski definition) is 1. The van der Waals surface area contributed by atoms with E-state index >= 15 is 0 Å². The van der Waals surface area contributed by atoms with Crippen molar-refractivity contribution >= 4 is 0 Å². The molecule has 0 aromatic carbocycles. The Hall–Kier alpha value is -0.0800. The molecular weight excluding hydrogens is 232 g/mol. The molecule has 19 heavy (non-hydrogen) atoms. The predicted octanol–water partition coefficient (Wildman–Crippen LogP) is 3.42. The summed E-state index contributed by atoms with van der Waals surface area (Å²) in [6.45, 7) is 3.76. The van der Waals surface area contributed by atoms with Gasteiger partial charge in [0.2, 0.25) is 0 Å². The molecule has 0 aromatic rings. The van der Waals surface area contributed by atoms with Crippen LogP contribution in [-0.2, 0) is 0 Å². The van der Waals surface area contributed by atoms with Crippen LogP contribution < -0.4 is 5.32 Å². The molecular formula is C17H32N2. The van der Waals surface area contributed by atoms with Gasteiger partial charge in [0.15, 0.2) is 0 Å². The van der Waals surface area contributed by atoms with Gasteiger partial charge in [-0.1, -0.05) is 19.8 Å². The summed E-state index contributed by atoms with van der Waals surface area (Å²) in [7, 11) is 2.18. The molecule has 3 rings (SSSR count). The Balaban J connectivity index is 1.64. The summed E-state index contributed by atoms with van der Waals surface area (Å²) in [6, 6.07) is 2.54. The minimum Gasteiger partial charge on any atom is -0.315 e. The van der Waals surface area contributed by atoms with Crippen molar-refractivity contribution in [3.63, 3.8) is 0 Å². The van der Waals surface area contributed by atoms with Gasteiger partial charge in [-0.15, -0.1) is 0 Å². The Morgan fingerprint density at radius 3 is 2.32 bits per heavy atom. The second kappa shape index (κ2) is 6.13. The Morgan fingerprint density at radius 1 is 1.00 bits per heavy atom. The second-order valence-electron chi connectivity index (χ2n) is 7.30. The van der Waals surface area contributed by atoms with E-state index in [1.54, 1.807) is 0 Å². The fourth-order valence-electron chi connectivity index (χ4n) is 4.16. The molecule has 0 bridgehead atoms. The molecule has 3 fully saturated rings. The summed E-state index contributed by atoms with van der Waals surface area (Å²) in [5.41, 5.74) is 0. The van der Waals surface area contributed by atoms with Gasteiger partial charge in [-0.25, -0.2) is 0 Å². The van der Waals surface area contributed by atoms with Gasteiger partial charge in [-0.2, -0.15) is 0 Å². The highest BCUT2D eigenvalue weighted by molar-refractivity contribution is 4.98. The van der Waals surface area contributed by atoms with Crippen LogP contribution in [-0.4, -0.2) is 36.6 Å². The van der Waals surface area contributed by atoms with E-state index in [2.05, 4.69) is 24.2 Å². The van der Waals surface area contributed by atoms with Crippen molar-refractivity contribution in [2.45, 2.75) is 82.8 Å². The van der Waals surface area contributed by atoms with E-state index in [1.165, 1.54) is 64.3 Å². The standard InChI is InChI=1S/C17H32N2/c1-3-4-13-7-10-16(18-2)17(11-13)19(15-8-9-15)12-14-5-6-14/h13-18H,3-12H2,1-2H3. The lowest BCUT2D eigenvalue weighted by Gasteiger charge is -2.43. The summed E-state index contributed by atoms with van der Waals surface area (Å²) in [6.07, 6.45) is 13.1. The van der Waals surface area contributed by atoms with Gasteiger partial charge >= 0.3 is 0 Å². The third-order valence-corrected chi connectivity index (χ3v) is 5.60. The van der Waals surface area contributed by atoms with Gasteiger partial charge in [0.25, 0.3) is 0 Å². The Bertz CT molecular complexity index is 283. The smallest absolute Gasteiger partial charge is 0.0254 e. The second-order valence-corrected chi connectivity index (χ2v) is 7.30. The quantitative estimate of drug-likeness (QED) is 0.758. The van der Waals surface area contributed by atoms with Crippen molar-refractivity contribution in [2.24, 2.45) is 11.8 Å². The van der Waals surface area contributed by atoms with Gasteiger partial charge in [0.1, 0.15) is 0 Å². The molecule has 3 aliphatic rings. The van der Waals surface area contributed by atoms with Gasteiger partial charge in [-0.3, -0.25) is 4.90 Å². The first kappa shape index (κ1) is 13.9. The van der Waals surface area contributed by atoms with Crippen LogP contribution in [0.15, 0.2) is 0 Å². The van der Waals surface area contributed by atoms with E-state index in [9.17, 15) is 0 Å². The lowest BCUT2D eigenvalue weighted by Crippen LogP contribution is -2.53. The minimum absolute atomic E-state index is 0.757. The maximum Gasteiger partial charge on any atom is 0.0254 e. The third-order valence-electron chi connectivity index (χ3n) is 5.60. The fraction of sp³-hybridized carbons (Fsp3) is 1.00. The predicted molar refractivity (Wildman–Crippen MR) is 81.3 cm³/mol. The first-order chi connectivity index (χ1) is 9.31. The van der Waals surface area contributed by atoms with Crippen LogP contribution >= 0.6 is 0 Å². The maximum absolute atomic E-state index is 3.63. The SMILES string of the molecule is CCCC1CCC(NC)C(N(CC2CC2)C2CC2)C1. The molecule has 3 saturated carbocycles. The zero-order valence-electron chi connectivity index (χ0n) is 12.9. The molecule has 1 N–H and O–H groups in total. The monoisotopic (exact) mass is 264 g/mol. The van der Waals surface area contributed by atoms with Crippen molar-refractivity contribution in [1.29, 1.82) is 0 Å². The molecule has 2 heteroatoms. The van der Waals surface area contributed by atoms with Crippen molar-refractivity contribution in [3.8, 4) is 0 Å². The molecule has 0 spiro atoms. The zero-order valence-corrected chi connectivity index (χ0v) is 12.9. The largest absolute Gasteiger partial charge is 0.315 e. The highest BCUT2D eigenvalue weighted by atomic mass is 15.2. The lowest BCUT2D eigenvalue weighted by atomic mass is 9.79. The zero-order chi connectivity index (χ0) is 13.2. The van der Waals surface area contributed by atoms with E-state index in [4.69, 9.17) is 0 Å². The average Bonchev–Trinajstić information content (AvgIpc) is 3.28. The molecule has 0 amide bonds. The minimum atomic E-state index is 0.757. The van der Waals surface area contributed by atoms with Crippen molar-refractivity contribution in [3.05, 3.63) is 0 Å². The Kier molecular flexibility index (Phi) is 4.48. The summed E-state index contributed by atoms with van der Waals surface area (Å²) in [5.74, 6) is 2.05. The topological polar surface area (TPSA) is 15.3 Å². The lowest BCUT2D eigenvalue weighted by molar-refractivity contribution is 0.0856. The van der Waals surface area contributed by atoms with E-state index < -0.39 is 0 Å². The molecule has 0 aromatic heterocycles. The van der Waals surface area contributed by atoms with Crippen molar-refractivity contribution in [2.75, 3.05) is 13.6 Å². The molecule has 2 nitrogen and oxygen atoms in total. The summed E-state index contributed by atoms with van der Waals surface area (Å²) in [4.78, 5) is 2.93. The third kappa shape index (κ3) is 3.52. The summed E-state index contributed by atoms with van der Waals surface area (Å²) >= 11 is 0. The number of rotatable bonds is 7. The summed E-state index contributed by atoms with van der Waals surface area (Å²) < 4.78 is 0. The molecule has 3 atom stereocenters. The average molecular weight is 264 g/mol. The Labute approximate surface area is 119 Å². The van der Waals surface area contributed by atoms with Gasteiger partial charge in [0.05, 0.1) is 0 Å². The van der Waals surface area contributed by atoms with Gasteiger partial charge in [-0.05, 0) is 63.8 Å². The molecule has 0 radical (unpaired) electrons. The van der Waals surface area contributed by atoms with Gasteiger partial charge < -0.3 is 5.32 Å². The number of hydrogen-bond acceptors (Lipinski definition) is 2. The summed E-state index contributed by atoms with van der Waals surface area (Å²) in [5, 5.41) is 3.63. The van der Waals surface area contributed by atoms with Crippen molar-refractivity contribution < 1.29 is 0 Å². The Morgan fingerprint density at radius 2 is 1.74 bits per heavy atom. The van der Waals surface area contributed by atoms with E-state index in [-0.39, 0.29) is 0 Å². The first-order valence-corrected chi connectivity index (χ1v) is 8.74. The van der Waals surface area contributed by atoms with E-state index in [0.717, 1.165) is 30.0 Å². The molecule has 0 saturated heterocycles. The molecule has 0 aliphatic heterocycles. The molecule has 0 heterocycles. The van der Waals surface area contributed by atoms with Crippen LogP contribution in [0.1, 0.15) is 64.7 Å². The normalized spacial score (nSPS) is 35.8. The highest BCUT2D eigenvalue weighted by Gasteiger charge is 2.42. The molecule has 110 valence electrons. The van der Waals surface area contributed by atoms with E-state index in [1.807, 2.05) is 0 Å². The maximum atomic E-state index is 3.63. The number of nitrogens with zero attached hydrogens (tertiary/aromatic N) is 1. The van der Waals surface area contributed by atoms with Gasteiger partial charge in [0, 0.05) is 24.7 Å². The van der Waals surface area contributed by atoms with E-state index in [0.29, 0.717) is 0 Å². The highest BCUT2D eigenvalue weighted by Crippen LogP contribution is 2.40. The molecule has 3 unspecified atom stereocenters. The number of likely N-dealkylation sites (N-methyl/N-ethyl adjacent to an activating group) is 1. The van der Waals surface area contributed by atoms with Crippen LogP contribution in [0, 0.1) is 11.8 Å². The van der Waals surface area contributed by atoms with Crippen molar-refractivity contribution in [1.82, 2.24) is 10.2 Å². The van der Waals surface area contributed by atoms with Crippen LogP contribution in [0.2, 0.25) is 0 Å².